The summed E-state index contributed by atoms with van der Waals surface area (Å²) in [5.74, 6) is -0.185. The van der Waals surface area contributed by atoms with Gasteiger partial charge in [-0.1, -0.05) is 27.7 Å². The van der Waals surface area contributed by atoms with E-state index in [0.717, 1.165) is 0 Å². The summed E-state index contributed by atoms with van der Waals surface area (Å²) < 4.78 is 5.33. The number of hydrogen-bond acceptors (Lipinski definition) is 3. The van der Waals surface area contributed by atoms with Gasteiger partial charge in [0.1, 0.15) is 6.10 Å². The number of carbonyl (C=O) groups is 2. The molecule has 2 aliphatic rings. The predicted molar refractivity (Wildman–Crippen MR) is 59.7 cm³/mol. The maximum atomic E-state index is 11.9. The lowest BCUT2D eigenvalue weighted by Crippen LogP contribution is -2.19. The smallest absolute Gasteiger partial charge is 0.310 e. The molecule has 0 amide bonds. The van der Waals surface area contributed by atoms with E-state index in [1.165, 1.54) is 6.08 Å². The number of esters is 1. The molecular weight excluding hydrogens is 204 g/mol. The van der Waals surface area contributed by atoms with Crippen LogP contribution >= 0.6 is 0 Å². The van der Waals surface area contributed by atoms with Gasteiger partial charge in [0.05, 0.1) is 12.3 Å². The molecule has 0 saturated heterocycles. The fraction of sp³-hybridized carbons (Fsp3) is 0.692. The average Bonchev–Trinajstić information content (AvgIpc) is 2.44. The van der Waals surface area contributed by atoms with Gasteiger partial charge < -0.3 is 4.74 Å². The fourth-order valence-corrected chi connectivity index (χ4v) is 2.63. The van der Waals surface area contributed by atoms with E-state index in [1.54, 1.807) is 6.08 Å². The Labute approximate surface area is 95.9 Å². The molecule has 3 nitrogen and oxygen atoms in total. The molecular formula is C13H18O3. The first-order chi connectivity index (χ1) is 7.26. The highest BCUT2D eigenvalue weighted by Gasteiger charge is 2.69. The molecule has 88 valence electrons. The molecule has 2 rings (SSSR count). The third-order valence-corrected chi connectivity index (χ3v) is 4.42. The quantitative estimate of drug-likeness (QED) is 0.672. The van der Waals surface area contributed by atoms with Gasteiger partial charge in [0.15, 0.2) is 5.78 Å². The zero-order chi connectivity index (χ0) is 12.1. The van der Waals surface area contributed by atoms with Crippen LogP contribution in [0.3, 0.4) is 0 Å². The third-order valence-electron chi connectivity index (χ3n) is 4.42. The molecule has 1 saturated carbocycles. The van der Waals surface area contributed by atoms with Crippen molar-refractivity contribution in [2.24, 2.45) is 16.7 Å². The minimum atomic E-state index is -0.341. The molecule has 0 N–H and O–H groups in total. The molecule has 0 aromatic carbocycles. The minimum Gasteiger partial charge on any atom is -0.457 e. The van der Waals surface area contributed by atoms with Crippen LogP contribution in [0.2, 0.25) is 0 Å². The summed E-state index contributed by atoms with van der Waals surface area (Å²) in [7, 11) is 0. The molecule has 1 fully saturated rings. The Hall–Kier alpha value is -1.12. The van der Waals surface area contributed by atoms with Crippen LogP contribution in [0.25, 0.3) is 0 Å². The van der Waals surface area contributed by atoms with Crippen molar-refractivity contribution in [1.29, 1.82) is 0 Å². The predicted octanol–water partition coefficient (Wildman–Crippen LogP) is 2.11. The summed E-state index contributed by atoms with van der Waals surface area (Å²) in [5, 5.41) is 0. The Morgan fingerprint density at radius 3 is 2.25 bits per heavy atom. The molecule has 16 heavy (non-hydrogen) atoms. The maximum absolute atomic E-state index is 11.9. The number of rotatable bonds is 2. The summed E-state index contributed by atoms with van der Waals surface area (Å²) in [5.41, 5.74) is -0.00712. The normalized spacial score (nSPS) is 30.5. The second-order valence-corrected chi connectivity index (χ2v) is 5.88. The van der Waals surface area contributed by atoms with Crippen molar-refractivity contribution in [1.82, 2.24) is 0 Å². The van der Waals surface area contributed by atoms with Crippen molar-refractivity contribution in [3.63, 3.8) is 0 Å². The topological polar surface area (TPSA) is 43.4 Å². The van der Waals surface area contributed by atoms with Crippen LogP contribution in [0.4, 0.5) is 0 Å². The lowest BCUT2D eigenvalue weighted by atomic mass is 10.0. The average molecular weight is 222 g/mol. The Kier molecular flexibility index (Phi) is 2.26. The van der Waals surface area contributed by atoms with Gasteiger partial charge in [-0.2, -0.15) is 0 Å². The monoisotopic (exact) mass is 222 g/mol. The second-order valence-electron chi connectivity index (χ2n) is 5.88. The number of allylic oxidation sites excluding steroid dienone is 1. The molecule has 0 aromatic heterocycles. The van der Waals surface area contributed by atoms with Gasteiger partial charge in [-0.05, 0) is 23.0 Å². The summed E-state index contributed by atoms with van der Waals surface area (Å²) in [6.45, 7) is 8.31. The van der Waals surface area contributed by atoms with Crippen LogP contribution in [0.5, 0.6) is 0 Å². The van der Waals surface area contributed by atoms with E-state index in [1.807, 2.05) is 0 Å². The van der Waals surface area contributed by atoms with Gasteiger partial charge in [0.25, 0.3) is 0 Å². The van der Waals surface area contributed by atoms with Crippen LogP contribution in [-0.4, -0.2) is 17.9 Å². The van der Waals surface area contributed by atoms with E-state index in [4.69, 9.17) is 4.74 Å². The van der Waals surface area contributed by atoms with E-state index in [9.17, 15) is 9.59 Å². The summed E-state index contributed by atoms with van der Waals surface area (Å²) in [4.78, 5) is 22.9. The van der Waals surface area contributed by atoms with Crippen LogP contribution in [0.15, 0.2) is 12.2 Å². The van der Waals surface area contributed by atoms with Crippen LogP contribution in [0, 0.1) is 16.7 Å². The summed E-state index contributed by atoms with van der Waals surface area (Å²) in [6, 6.07) is 0. The van der Waals surface area contributed by atoms with Crippen LogP contribution < -0.4 is 0 Å². The highest BCUT2D eigenvalue weighted by Crippen LogP contribution is 2.68. The molecule has 0 heterocycles. The van der Waals surface area contributed by atoms with Crippen molar-refractivity contribution in [3.05, 3.63) is 12.2 Å². The van der Waals surface area contributed by atoms with Crippen molar-refractivity contribution in [2.45, 2.75) is 40.2 Å². The van der Waals surface area contributed by atoms with Crippen molar-refractivity contribution in [3.8, 4) is 0 Å². The SMILES string of the molecule is CC1(C)C(C(=O)OC2C=CC(=O)C2)C1(C)C. The molecule has 1 unspecified atom stereocenters. The minimum absolute atomic E-state index is 0.00356. The number of carbonyl (C=O) groups excluding carboxylic acids is 2. The zero-order valence-corrected chi connectivity index (χ0v) is 10.2. The highest BCUT2D eigenvalue weighted by atomic mass is 16.5. The summed E-state index contributed by atoms with van der Waals surface area (Å²) in [6.07, 6.45) is 3.12. The van der Waals surface area contributed by atoms with Crippen molar-refractivity contribution < 1.29 is 14.3 Å². The van der Waals surface area contributed by atoms with Gasteiger partial charge in [-0.3, -0.25) is 9.59 Å². The highest BCUT2D eigenvalue weighted by molar-refractivity contribution is 5.93. The van der Waals surface area contributed by atoms with Gasteiger partial charge in [0, 0.05) is 0 Å². The Morgan fingerprint density at radius 2 is 1.88 bits per heavy atom. The van der Waals surface area contributed by atoms with E-state index in [2.05, 4.69) is 27.7 Å². The first kappa shape index (κ1) is 11.4. The Bertz CT molecular complexity index is 363. The molecule has 0 aliphatic heterocycles. The number of ether oxygens (including phenoxy) is 1. The lowest BCUT2D eigenvalue weighted by Gasteiger charge is -2.10. The first-order valence-corrected chi connectivity index (χ1v) is 5.68. The fourth-order valence-electron chi connectivity index (χ4n) is 2.63. The lowest BCUT2D eigenvalue weighted by molar-refractivity contribution is -0.150. The second kappa shape index (κ2) is 3.19. The maximum Gasteiger partial charge on any atom is 0.310 e. The number of ketones is 1. The Balaban J connectivity index is 1.96. The van der Waals surface area contributed by atoms with E-state index < -0.39 is 0 Å². The largest absolute Gasteiger partial charge is 0.457 e. The first-order valence-electron chi connectivity index (χ1n) is 5.68. The van der Waals surface area contributed by atoms with Gasteiger partial charge in [-0.25, -0.2) is 0 Å². The molecule has 0 bridgehead atoms. The van der Waals surface area contributed by atoms with E-state index in [-0.39, 0.29) is 34.6 Å². The summed E-state index contributed by atoms with van der Waals surface area (Å²) >= 11 is 0. The zero-order valence-electron chi connectivity index (χ0n) is 10.2. The molecule has 0 spiro atoms. The van der Waals surface area contributed by atoms with Crippen LogP contribution in [0.1, 0.15) is 34.1 Å². The van der Waals surface area contributed by atoms with E-state index in [0.29, 0.717) is 6.42 Å². The molecule has 2 aliphatic carbocycles. The van der Waals surface area contributed by atoms with E-state index >= 15 is 0 Å². The van der Waals surface area contributed by atoms with Gasteiger partial charge in [-0.15, -0.1) is 0 Å². The molecule has 0 aromatic rings. The molecule has 1 atom stereocenters. The van der Waals surface area contributed by atoms with Gasteiger partial charge in [0.2, 0.25) is 0 Å². The molecule has 0 radical (unpaired) electrons. The van der Waals surface area contributed by atoms with Crippen molar-refractivity contribution in [2.75, 3.05) is 0 Å². The van der Waals surface area contributed by atoms with Gasteiger partial charge >= 0.3 is 5.97 Å². The number of hydrogen-bond donors (Lipinski definition) is 0. The van der Waals surface area contributed by atoms with Crippen LogP contribution in [-0.2, 0) is 14.3 Å². The molecule has 3 heteroatoms. The standard InChI is InChI=1S/C13H18O3/c1-12(2)10(13(12,3)4)11(15)16-9-6-5-8(14)7-9/h5-6,9-10H,7H2,1-4H3. The van der Waals surface area contributed by atoms with Crippen molar-refractivity contribution >= 4 is 11.8 Å². The third kappa shape index (κ3) is 1.49. The Morgan fingerprint density at radius 1 is 1.31 bits per heavy atom.